The molecular weight excluding hydrogens is 319 g/mol. The topological polar surface area (TPSA) is 63.2 Å². The Morgan fingerprint density at radius 1 is 1.23 bits per heavy atom. The van der Waals surface area contributed by atoms with Crippen molar-refractivity contribution in [3.63, 3.8) is 0 Å². The number of benzene rings is 1. The van der Waals surface area contributed by atoms with Crippen LogP contribution in [0.1, 0.15) is 17.5 Å². The lowest BCUT2D eigenvalue weighted by atomic mass is 10.1. The number of rotatable bonds is 4. The van der Waals surface area contributed by atoms with Gasteiger partial charge in [0.15, 0.2) is 9.84 Å². The molecule has 0 spiro atoms. The molecule has 0 bridgehead atoms. The van der Waals surface area contributed by atoms with E-state index >= 15 is 0 Å². The third-order valence-corrected chi connectivity index (χ3v) is 5.40. The van der Waals surface area contributed by atoms with Crippen molar-refractivity contribution in [2.75, 3.05) is 18.1 Å². The molecule has 0 aliphatic carbocycles. The summed E-state index contributed by atoms with van der Waals surface area (Å²) in [4.78, 5) is 11.7. The largest absolute Gasteiger partial charge is 0.416 e. The highest BCUT2D eigenvalue weighted by molar-refractivity contribution is 7.91. The van der Waals surface area contributed by atoms with Crippen LogP contribution >= 0.6 is 0 Å². The SMILES string of the molecule is O=C(Cc1ccc(C(F)(F)F)cc1)NCC1CCS(=O)(=O)C1. The van der Waals surface area contributed by atoms with Gasteiger partial charge < -0.3 is 5.32 Å². The van der Waals surface area contributed by atoms with Crippen LogP contribution in [0.2, 0.25) is 0 Å². The molecule has 1 aromatic rings. The number of nitrogens with one attached hydrogen (secondary N) is 1. The third kappa shape index (κ3) is 4.72. The number of hydrogen-bond acceptors (Lipinski definition) is 3. The molecule has 0 radical (unpaired) electrons. The van der Waals surface area contributed by atoms with Gasteiger partial charge in [0.2, 0.25) is 5.91 Å². The molecule has 2 rings (SSSR count). The molecule has 122 valence electrons. The maximum absolute atomic E-state index is 12.4. The second-order valence-corrected chi connectivity index (χ2v) is 7.67. The minimum Gasteiger partial charge on any atom is -0.356 e. The van der Waals surface area contributed by atoms with Crippen LogP contribution in [0.25, 0.3) is 0 Å². The maximum Gasteiger partial charge on any atom is 0.416 e. The summed E-state index contributed by atoms with van der Waals surface area (Å²) in [6.45, 7) is 0.276. The lowest BCUT2D eigenvalue weighted by molar-refractivity contribution is -0.137. The molecule has 1 aromatic carbocycles. The van der Waals surface area contributed by atoms with Gasteiger partial charge in [0.25, 0.3) is 0 Å². The van der Waals surface area contributed by atoms with Crippen LogP contribution in [0.4, 0.5) is 13.2 Å². The monoisotopic (exact) mass is 335 g/mol. The van der Waals surface area contributed by atoms with Crippen molar-refractivity contribution in [1.29, 1.82) is 0 Å². The smallest absolute Gasteiger partial charge is 0.356 e. The lowest BCUT2D eigenvalue weighted by Gasteiger charge is -2.10. The first-order valence-electron chi connectivity index (χ1n) is 6.79. The van der Waals surface area contributed by atoms with Crippen molar-refractivity contribution in [2.24, 2.45) is 5.92 Å². The Balaban J connectivity index is 1.82. The summed E-state index contributed by atoms with van der Waals surface area (Å²) in [6, 6.07) is 4.41. The number of carbonyl (C=O) groups excluding carboxylic acids is 1. The molecule has 4 nitrogen and oxygen atoms in total. The van der Waals surface area contributed by atoms with Gasteiger partial charge in [0.05, 0.1) is 23.5 Å². The maximum atomic E-state index is 12.4. The standard InChI is InChI=1S/C14H16F3NO3S/c15-14(16,17)12-3-1-10(2-4-12)7-13(19)18-8-11-5-6-22(20,21)9-11/h1-4,11H,5-9H2,(H,18,19). The molecule has 1 unspecified atom stereocenters. The predicted octanol–water partition coefficient (Wildman–Crippen LogP) is 1.80. The van der Waals surface area contributed by atoms with E-state index in [0.29, 0.717) is 12.0 Å². The molecule has 0 aromatic heterocycles. The fourth-order valence-corrected chi connectivity index (χ4v) is 4.21. The Morgan fingerprint density at radius 2 is 1.86 bits per heavy atom. The number of hydrogen-bond donors (Lipinski definition) is 1. The van der Waals surface area contributed by atoms with Crippen LogP contribution < -0.4 is 5.32 Å². The Hall–Kier alpha value is -1.57. The van der Waals surface area contributed by atoms with E-state index in [1.807, 2.05) is 0 Å². The molecule has 1 amide bonds. The van der Waals surface area contributed by atoms with Crippen LogP contribution in [-0.4, -0.2) is 32.4 Å². The molecule has 1 aliphatic heterocycles. The second-order valence-electron chi connectivity index (χ2n) is 5.44. The first-order chi connectivity index (χ1) is 10.2. The van der Waals surface area contributed by atoms with E-state index in [1.54, 1.807) is 0 Å². The van der Waals surface area contributed by atoms with Gasteiger partial charge in [-0.3, -0.25) is 4.79 Å². The second kappa shape index (κ2) is 6.28. The minimum absolute atomic E-state index is 0.0302. The molecule has 1 heterocycles. The van der Waals surface area contributed by atoms with Crippen LogP contribution in [0.5, 0.6) is 0 Å². The highest BCUT2D eigenvalue weighted by atomic mass is 32.2. The minimum atomic E-state index is -4.39. The van der Waals surface area contributed by atoms with Gasteiger partial charge in [-0.05, 0) is 30.0 Å². The molecule has 22 heavy (non-hydrogen) atoms. The lowest BCUT2D eigenvalue weighted by Crippen LogP contribution is -2.31. The van der Waals surface area contributed by atoms with Crippen LogP contribution in [0.3, 0.4) is 0 Å². The quantitative estimate of drug-likeness (QED) is 0.913. The summed E-state index contributed by atoms with van der Waals surface area (Å²) in [5.41, 5.74) is -0.280. The van der Waals surface area contributed by atoms with Crippen LogP contribution in [0, 0.1) is 5.92 Å². The van der Waals surface area contributed by atoms with Crippen molar-refractivity contribution < 1.29 is 26.4 Å². The molecular formula is C14H16F3NO3S. The number of halogens is 3. The van der Waals surface area contributed by atoms with Crippen LogP contribution in [0.15, 0.2) is 24.3 Å². The fraction of sp³-hybridized carbons (Fsp3) is 0.500. The fourth-order valence-electron chi connectivity index (χ4n) is 2.35. The Labute approximate surface area is 126 Å². The van der Waals surface area contributed by atoms with Gasteiger partial charge in [0.1, 0.15) is 0 Å². The van der Waals surface area contributed by atoms with Crippen molar-refractivity contribution in [3.8, 4) is 0 Å². The highest BCUT2D eigenvalue weighted by Gasteiger charge is 2.30. The van der Waals surface area contributed by atoms with E-state index < -0.39 is 21.6 Å². The van der Waals surface area contributed by atoms with Gasteiger partial charge in [-0.1, -0.05) is 12.1 Å². The van der Waals surface area contributed by atoms with Gasteiger partial charge in [0, 0.05) is 6.54 Å². The summed E-state index contributed by atoms with van der Waals surface area (Å²) in [7, 11) is -2.98. The Kier molecular flexibility index (Phi) is 4.79. The molecule has 1 fully saturated rings. The Morgan fingerprint density at radius 3 is 2.36 bits per heavy atom. The van der Waals surface area contributed by atoms with Crippen molar-refractivity contribution in [2.45, 2.75) is 19.0 Å². The average Bonchev–Trinajstić information content (AvgIpc) is 2.76. The summed E-state index contributed by atoms with van der Waals surface area (Å²) in [6.07, 6.45) is -3.89. The van der Waals surface area contributed by atoms with E-state index in [4.69, 9.17) is 0 Å². The van der Waals surface area contributed by atoms with E-state index in [0.717, 1.165) is 12.1 Å². The summed E-state index contributed by atoms with van der Waals surface area (Å²) < 4.78 is 59.8. The van der Waals surface area contributed by atoms with Gasteiger partial charge in [-0.2, -0.15) is 13.2 Å². The highest BCUT2D eigenvalue weighted by Crippen LogP contribution is 2.29. The predicted molar refractivity (Wildman–Crippen MR) is 74.9 cm³/mol. The van der Waals surface area contributed by atoms with E-state index in [1.165, 1.54) is 12.1 Å². The number of carbonyl (C=O) groups is 1. The number of alkyl halides is 3. The zero-order valence-electron chi connectivity index (χ0n) is 11.7. The van der Waals surface area contributed by atoms with Crippen LogP contribution in [-0.2, 0) is 27.2 Å². The van der Waals surface area contributed by atoms with Crippen molar-refractivity contribution in [3.05, 3.63) is 35.4 Å². The normalized spacial score (nSPS) is 20.8. The molecule has 1 N–H and O–H groups in total. The molecule has 1 atom stereocenters. The molecule has 1 saturated heterocycles. The van der Waals surface area contributed by atoms with Gasteiger partial charge in [-0.25, -0.2) is 8.42 Å². The van der Waals surface area contributed by atoms with Gasteiger partial charge in [-0.15, -0.1) is 0 Å². The zero-order chi connectivity index (χ0) is 16.4. The first kappa shape index (κ1) is 16.8. The van der Waals surface area contributed by atoms with E-state index in [9.17, 15) is 26.4 Å². The van der Waals surface area contributed by atoms with Crippen molar-refractivity contribution >= 4 is 15.7 Å². The molecule has 1 aliphatic rings. The molecule has 8 heteroatoms. The first-order valence-corrected chi connectivity index (χ1v) is 8.61. The molecule has 0 saturated carbocycles. The number of amides is 1. The van der Waals surface area contributed by atoms with E-state index in [2.05, 4.69) is 5.32 Å². The van der Waals surface area contributed by atoms with Gasteiger partial charge >= 0.3 is 6.18 Å². The summed E-state index contributed by atoms with van der Waals surface area (Å²) in [5, 5.41) is 2.63. The third-order valence-electron chi connectivity index (χ3n) is 3.56. The summed E-state index contributed by atoms with van der Waals surface area (Å²) in [5.74, 6) is -0.189. The average molecular weight is 335 g/mol. The summed E-state index contributed by atoms with van der Waals surface area (Å²) >= 11 is 0. The van der Waals surface area contributed by atoms with E-state index in [-0.39, 0.29) is 36.3 Å². The Bertz CT molecular complexity index is 638. The number of sulfone groups is 1. The zero-order valence-corrected chi connectivity index (χ0v) is 12.5. The van der Waals surface area contributed by atoms with Crippen molar-refractivity contribution in [1.82, 2.24) is 5.32 Å².